The number of nitrogens with one attached hydrogen (secondary N) is 1. The number of carbonyl (C=O) groups excluding carboxylic acids is 1. The maximum Gasteiger partial charge on any atom is 0.240 e. The van der Waals surface area contributed by atoms with Crippen LogP contribution in [0.1, 0.15) is 37.4 Å². The van der Waals surface area contributed by atoms with Crippen LogP contribution >= 0.6 is 0 Å². The molecular weight excluding hydrogens is 288 g/mol. The lowest BCUT2D eigenvalue weighted by molar-refractivity contribution is -0.135. The van der Waals surface area contributed by atoms with Gasteiger partial charge in [0.2, 0.25) is 15.9 Å². The van der Waals surface area contributed by atoms with Crippen LogP contribution in [0, 0.1) is 0 Å². The summed E-state index contributed by atoms with van der Waals surface area (Å²) >= 11 is 0. The number of sulfonamides is 1. The van der Waals surface area contributed by atoms with Gasteiger partial charge in [-0.25, -0.2) is 13.1 Å². The number of hydrogen-bond acceptors (Lipinski definition) is 3. The molecule has 1 aromatic carbocycles. The molecule has 0 unspecified atom stereocenters. The lowest BCUT2D eigenvalue weighted by Crippen LogP contribution is -2.49. The highest BCUT2D eigenvalue weighted by atomic mass is 32.2. The van der Waals surface area contributed by atoms with E-state index < -0.39 is 16.1 Å². The van der Waals surface area contributed by atoms with E-state index in [1.54, 1.807) is 11.8 Å². The molecule has 0 aromatic heterocycles. The molecule has 5 nitrogen and oxygen atoms in total. The first-order valence-electron chi connectivity index (χ1n) is 7.19. The van der Waals surface area contributed by atoms with Crippen molar-refractivity contribution in [2.45, 2.75) is 38.8 Å². The van der Waals surface area contributed by atoms with Crippen molar-refractivity contribution in [3.63, 3.8) is 0 Å². The van der Waals surface area contributed by atoms with E-state index in [-0.39, 0.29) is 11.9 Å². The fourth-order valence-electron chi connectivity index (χ4n) is 2.98. The molecule has 1 N–H and O–H groups in total. The van der Waals surface area contributed by atoms with Gasteiger partial charge >= 0.3 is 0 Å². The second kappa shape index (κ2) is 6.15. The summed E-state index contributed by atoms with van der Waals surface area (Å²) in [6, 6.07) is 7.42. The predicted octanol–water partition coefficient (Wildman–Crippen LogP) is 1.46. The first-order chi connectivity index (χ1) is 9.83. The van der Waals surface area contributed by atoms with Gasteiger partial charge in [0.15, 0.2) is 0 Å². The van der Waals surface area contributed by atoms with E-state index in [0.717, 1.165) is 19.1 Å². The molecule has 0 spiro atoms. The Morgan fingerprint density at radius 3 is 2.71 bits per heavy atom. The van der Waals surface area contributed by atoms with Crippen LogP contribution in [0.15, 0.2) is 24.3 Å². The quantitative estimate of drug-likeness (QED) is 0.915. The van der Waals surface area contributed by atoms with Crippen LogP contribution in [0.2, 0.25) is 0 Å². The van der Waals surface area contributed by atoms with E-state index in [2.05, 4.69) is 16.9 Å². The average Bonchev–Trinajstić information content (AvgIpc) is 2.43. The van der Waals surface area contributed by atoms with E-state index in [1.807, 2.05) is 19.1 Å². The van der Waals surface area contributed by atoms with Crippen LogP contribution in [-0.2, 0) is 21.2 Å². The molecule has 1 heterocycles. The van der Waals surface area contributed by atoms with E-state index in [9.17, 15) is 13.2 Å². The maximum atomic E-state index is 12.6. The van der Waals surface area contributed by atoms with Gasteiger partial charge in [0, 0.05) is 6.54 Å². The Kier molecular flexibility index (Phi) is 4.68. The normalized spacial score (nSPS) is 20.0. The lowest BCUT2D eigenvalue weighted by atomic mass is 9.90. The Balaban J connectivity index is 2.23. The molecule has 2 rings (SSSR count). The lowest BCUT2D eigenvalue weighted by Gasteiger charge is -2.38. The molecule has 21 heavy (non-hydrogen) atoms. The van der Waals surface area contributed by atoms with Crippen LogP contribution in [0.5, 0.6) is 0 Å². The molecule has 0 aliphatic carbocycles. The molecule has 1 aromatic rings. The standard InChI is InChI=1S/C15H22N2O3S/c1-4-14-13-8-6-5-7-12(13)9-10-17(14)15(18)11(2)16-21(3,19)20/h5-8,11,14,16H,4,9-10H2,1-3H3/t11-,14-/m0/s1. The van der Waals surface area contributed by atoms with Crippen molar-refractivity contribution in [1.29, 1.82) is 0 Å². The van der Waals surface area contributed by atoms with Crippen LogP contribution < -0.4 is 4.72 Å². The summed E-state index contributed by atoms with van der Waals surface area (Å²) in [5.41, 5.74) is 2.45. The summed E-state index contributed by atoms with van der Waals surface area (Å²) in [5.74, 6) is -0.165. The molecule has 1 aliphatic rings. The van der Waals surface area contributed by atoms with Gasteiger partial charge in [-0.1, -0.05) is 31.2 Å². The second-order valence-corrected chi connectivity index (χ2v) is 7.30. The summed E-state index contributed by atoms with van der Waals surface area (Å²) < 4.78 is 25.0. The summed E-state index contributed by atoms with van der Waals surface area (Å²) in [6.45, 7) is 4.27. The number of hydrogen-bond donors (Lipinski definition) is 1. The van der Waals surface area contributed by atoms with Crippen LogP contribution in [-0.4, -0.2) is 38.1 Å². The van der Waals surface area contributed by atoms with E-state index in [4.69, 9.17) is 0 Å². The largest absolute Gasteiger partial charge is 0.334 e. The minimum Gasteiger partial charge on any atom is -0.334 e. The number of rotatable bonds is 4. The van der Waals surface area contributed by atoms with Crippen LogP contribution in [0.25, 0.3) is 0 Å². The summed E-state index contributed by atoms with van der Waals surface area (Å²) in [4.78, 5) is 14.4. The van der Waals surface area contributed by atoms with Gasteiger partial charge in [-0.2, -0.15) is 0 Å². The Hall–Kier alpha value is -1.40. The predicted molar refractivity (Wildman–Crippen MR) is 82.3 cm³/mol. The van der Waals surface area contributed by atoms with Crippen molar-refractivity contribution in [3.05, 3.63) is 35.4 Å². The van der Waals surface area contributed by atoms with Gasteiger partial charge in [0.05, 0.1) is 18.3 Å². The fourth-order valence-corrected chi connectivity index (χ4v) is 3.72. The first kappa shape index (κ1) is 16.0. The third-order valence-electron chi connectivity index (χ3n) is 3.84. The van der Waals surface area contributed by atoms with Gasteiger partial charge in [-0.15, -0.1) is 0 Å². The van der Waals surface area contributed by atoms with E-state index >= 15 is 0 Å². The molecule has 0 fully saturated rings. The number of nitrogens with zero attached hydrogens (tertiary/aromatic N) is 1. The van der Waals surface area contributed by atoms with Crippen molar-refractivity contribution in [3.8, 4) is 0 Å². The van der Waals surface area contributed by atoms with Gasteiger partial charge in [-0.05, 0) is 30.9 Å². The molecule has 0 saturated heterocycles. The van der Waals surface area contributed by atoms with Crippen LogP contribution in [0.4, 0.5) is 0 Å². The minimum absolute atomic E-state index is 0.0197. The van der Waals surface area contributed by atoms with Crippen molar-refractivity contribution in [2.75, 3.05) is 12.8 Å². The molecule has 1 amide bonds. The Morgan fingerprint density at radius 2 is 2.10 bits per heavy atom. The molecule has 0 bridgehead atoms. The Labute approximate surface area is 126 Å². The topological polar surface area (TPSA) is 66.5 Å². The number of benzene rings is 1. The summed E-state index contributed by atoms with van der Waals surface area (Å²) in [7, 11) is -3.39. The third kappa shape index (κ3) is 3.63. The number of carbonyl (C=O) groups is 1. The van der Waals surface area contributed by atoms with Gasteiger partial charge < -0.3 is 4.90 Å². The minimum atomic E-state index is -3.39. The number of amides is 1. The SMILES string of the molecule is CC[C@H]1c2ccccc2CCN1C(=O)[C@H](C)NS(C)(=O)=O. The van der Waals surface area contributed by atoms with Gasteiger partial charge in [-0.3, -0.25) is 4.79 Å². The Morgan fingerprint density at radius 1 is 1.43 bits per heavy atom. The zero-order valence-corrected chi connectivity index (χ0v) is 13.5. The number of fused-ring (bicyclic) bond motifs is 1. The van der Waals surface area contributed by atoms with E-state index in [0.29, 0.717) is 6.54 Å². The molecule has 0 saturated carbocycles. The molecular formula is C15H22N2O3S. The first-order valence-corrected chi connectivity index (χ1v) is 9.08. The Bertz CT molecular complexity index is 628. The molecule has 116 valence electrons. The molecule has 0 radical (unpaired) electrons. The highest BCUT2D eigenvalue weighted by molar-refractivity contribution is 7.88. The smallest absolute Gasteiger partial charge is 0.240 e. The zero-order valence-electron chi connectivity index (χ0n) is 12.7. The summed E-state index contributed by atoms with van der Waals surface area (Å²) in [5, 5.41) is 0. The highest BCUT2D eigenvalue weighted by Gasteiger charge is 2.32. The van der Waals surface area contributed by atoms with Crippen molar-refractivity contribution >= 4 is 15.9 Å². The molecule has 2 atom stereocenters. The van der Waals surface area contributed by atoms with Crippen molar-refractivity contribution < 1.29 is 13.2 Å². The monoisotopic (exact) mass is 310 g/mol. The maximum absolute atomic E-state index is 12.6. The fraction of sp³-hybridized carbons (Fsp3) is 0.533. The zero-order chi connectivity index (χ0) is 15.6. The molecule has 6 heteroatoms. The highest BCUT2D eigenvalue weighted by Crippen LogP contribution is 2.32. The van der Waals surface area contributed by atoms with Gasteiger partial charge in [0.25, 0.3) is 0 Å². The summed E-state index contributed by atoms with van der Waals surface area (Å²) in [6.07, 6.45) is 2.69. The average molecular weight is 310 g/mol. The molecule has 1 aliphatic heterocycles. The third-order valence-corrected chi connectivity index (χ3v) is 4.63. The van der Waals surface area contributed by atoms with Gasteiger partial charge in [0.1, 0.15) is 0 Å². The van der Waals surface area contributed by atoms with Crippen molar-refractivity contribution in [1.82, 2.24) is 9.62 Å². The second-order valence-electron chi connectivity index (χ2n) is 5.52. The van der Waals surface area contributed by atoms with Crippen LogP contribution in [0.3, 0.4) is 0 Å². The van der Waals surface area contributed by atoms with Crippen molar-refractivity contribution in [2.24, 2.45) is 0 Å². The van der Waals surface area contributed by atoms with E-state index in [1.165, 1.54) is 11.1 Å².